The average molecular weight is 290 g/mol. The first-order chi connectivity index (χ1) is 10.3. The molecule has 1 unspecified atom stereocenters. The van der Waals surface area contributed by atoms with Gasteiger partial charge in [-0.3, -0.25) is 0 Å². The highest BCUT2D eigenvalue weighted by Crippen LogP contribution is 2.41. The molecule has 1 atom stereocenters. The SMILES string of the molecule is CCCC(C#N)CCCC1CCC(C2CCCCC2)CC1. The van der Waals surface area contributed by atoms with E-state index < -0.39 is 0 Å². The van der Waals surface area contributed by atoms with Crippen molar-refractivity contribution in [2.75, 3.05) is 0 Å². The van der Waals surface area contributed by atoms with Gasteiger partial charge in [-0.2, -0.15) is 5.26 Å². The minimum Gasteiger partial charge on any atom is -0.198 e. The van der Waals surface area contributed by atoms with Crippen LogP contribution in [0.1, 0.15) is 96.8 Å². The molecule has 0 heterocycles. The molecular weight excluding hydrogens is 254 g/mol. The van der Waals surface area contributed by atoms with E-state index in [1.54, 1.807) is 0 Å². The van der Waals surface area contributed by atoms with Gasteiger partial charge >= 0.3 is 0 Å². The molecule has 0 radical (unpaired) electrons. The van der Waals surface area contributed by atoms with Gasteiger partial charge in [-0.05, 0) is 43.4 Å². The fraction of sp³-hybridized carbons (Fsp3) is 0.950. The molecule has 2 aliphatic carbocycles. The summed E-state index contributed by atoms with van der Waals surface area (Å²) in [5, 5.41) is 9.12. The Bertz CT molecular complexity index is 302. The molecule has 2 rings (SSSR count). The van der Waals surface area contributed by atoms with Gasteiger partial charge in [-0.1, -0.05) is 71.1 Å². The molecule has 2 saturated carbocycles. The summed E-state index contributed by atoms with van der Waals surface area (Å²) in [6.07, 6.45) is 19.6. The number of hydrogen-bond donors (Lipinski definition) is 0. The first kappa shape index (κ1) is 16.9. The van der Waals surface area contributed by atoms with Gasteiger partial charge in [0.1, 0.15) is 0 Å². The maximum absolute atomic E-state index is 9.12. The Balaban J connectivity index is 1.59. The monoisotopic (exact) mass is 289 g/mol. The van der Waals surface area contributed by atoms with Crippen LogP contribution in [-0.4, -0.2) is 0 Å². The number of nitriles is 1. The first-order valence-electron chi connectivity index (χ1n) is 9.73. The van der Waals surface area contributed by atoms with Crippen molar-refractivity contribution in [1.29, 1.82) is 5.26 Å². The van der Waals surface area contributed by atoms with E-state index in [9.17, 15) is 0 Å². The second kappa shape index (κ2) is 9.50. The van der Waals surface area contributed by atoms with Gasteiger partial charge in [0, 0.05) is 5.92 Å². The summed E-state index contributed by atoms with van der Waals surface area (Å²) < 4.78 is 0. The van der Waals surface area contributed by atoms with Crippen LogP contribution in [0.15, 0.2) is 0 Å². The Morgan fingerprint density at radius 3 is 2.19 bits per heavy atom. The molecule has 1 nitrogen and oxygen atoms in total. The number of rotatable bonds is 7. The molecule has 0 amide bonds. The van der Waals surface area contributed by atoms with Crippen LogP contribution in [0.5, 0.6) is 0 Å². The van der Waals surface area contributed by atoms with E-state index in [0.717, 1.165) is 37.0 Å². The van der Waals surface area contributed by atoms with Gasteiger partial charge in [0.05, 0.1) is 6.07 Å². The molecule has 2 aliphatic rings. The second-order valence-corrected chi connectivity index (χ2v) is 7.72. The van der Waals surface area contributed by atoms with Crippen LogP contribution in [0.2, 0.25) is 0 Å². The van der Waals surface area contributed by atoms with Crippen LogP contribution >= 0.6 is 0 Å². The lowest BCUT2D eigenvalue weighted by atomic mass is 9.70. The zero-order chi connectivity index (χ0) is 14.9. The van der Waals surface area contributed by atoms with Crippen molar-refractivity contribution in [3.05, 3.63) is 0 Å². The minimum atomic E-state index is 0.327. The summed E-state index contributed by atoms with van der Waals surface area (Å²) in [5.74, 6) is 3.44. The van der Waals surface area contributed by atoms with Gasteiger partial charge < -0.3 is 0 Å². The zero-order valence-corrected chi connectivity index (χ0v) is 14.2. The number of hydrogen-bond acceptors (Lipinski definition) is 1. The summed E-state index contributed by atoms with van der Waals surface area (Å²) in [7, 11) is 0. The third-order valence-corrected chi connectivity index (χ3v) is 6.19. The van der Waals surface area contributed by atoms with E-state index in [4.69, 9.17) is 5.26 Å². The predicted molar refractivity (Wildman–Crippen MR) is 89.9 cm³/mol. The summed E-state index contributed by atoms with van der Waals surface area (Å²) in [6, 6.07) is 2.49. The van der Waals surface area contributed by atoms with Crippen molar-refractivity contribution in [3.8, 4) is 6.07 Å². The summed E-state index contributed by atoms with van der Waals surface area (Å²) in [5.41, 5.74) is 0. The summed E-state index contributed by atoms with van der Waals surface area (Å²) >= 11 is 0. The molecule has 0 aromatic rings. The highest BCUT2D eigenvalue weighted by molar-refractivity contribution is 4.83. The highest BCUT2D eigenvalue weighted by Gasteiger charge is 2.28. The Morgan fingerprint density at radius 1 is 0.905 bits per heavy atom. The minimum absolute atomic E-state index is 0.327. The molecule has 0 bridgehead atoms. The summed E-state index contributed by atoms with van der Waals surface area (Å²) in [4.78, 5) is 0. The van der Waals surface area contributed by atoms with Crippen molar-refractivity contribution >= 4 is 0 Å². The highest BCUT2D eigenvalue weighted by atomic mass is 14.3. The van der Waals surface area contributed by atoms with E-state index in [-0.39, 0.29) is 0 Å². The molecule has 1 heteroatoms. The van der Waals surface area contributed by atoms with Crippen LogP contribution < -0.4 is 0 Å². The second-order valence-electron chi connectivity index (χ2n) is 7.72. The predicted octanol–water partition coefficient (Wildman–Crippen LogP) is 6.48. The van der Waals surface area contributed by atoms with Crippen LogP contribution in [0.4, 0.5) is 0 Å². The molecule has 21 heavy (non-hydrogen) atoms. The summed E-state index contributed by atoms with van der Waals surface area (Å²) in [6.45, 7) is 2.19. The molecule has 0 aromatic heterocycles. The van der Waals surface area contributed by atoms with E-state index in [1.807, 2.05) is 0 Å². The van der Waals surface area contributed by atoms with Gasteiger partial charge in [-0.25, -0.2) is 0 Å². The third kappa shape index (κ3) is 5.65. The van der Waals surface area contributed by atoms with E-state index >= 15 is 0 Å². The van der Waals surface area contributed by atoms with E-state index in [2.05, 4.69) is 13.0 Å². The van der Waals surface area contributed by atoms with Crippen LogP contribution in [0.25, 0.3) is 0 Å². The molecule has 120 valence electrons. The van der Waals surface area contributed by atoms with Gasteiger partial charge in [0.25, 0.3) is 0 Å². The maximum atomic E-state index is 9.12. The lowest BCUT2D eigenvalue weighted by Gasteiger charge is -2.36. The third-order valence-electron chi connectivity index (χ3n) is 6.19. The quantitative estimate of drug-likeness (QED) is 0.526. The van der Waals surface area contributed by atoms with Crippen LogP contribution in [0, 0.1) is 35.0 Å². The normalized spacial score (nSPS) is 29.0. The zero-order valence-electron chi connectivity index (χ0n) is 14.2. The van der Waals surface area contributed by atoms with E-state index in [0.29, 0.717) is 5.92 Å². The lowest BCUT2D eigenvalue weighted by molar-refractivity contribution is 0.162. The van der Waals surface area contributed by atoms with Gasteiger partial charge in [-0.15, -0.1) is 0 Å². The van der Waals surface area contributed by atoms with Crippen molar-refractivity contribution < 1.29 is 0 Å². The molecule has 0 aromatic carbocycles. The Kier molecular flexibility index (Phi) is 7.62. The molecule has 0 N–H and O–H groups in total. The molecular formula is C20H35N. The molecule has 2 fully saturated rings. The number of nitrogens with zero attached hydrogens (tertiary/aromatic N) is 1. The lowest BCUT2D eigenvalue weighted by Crippen LogP contribution is -2.23. The Morgan fingerprint density at radius 2 is 1.57 bits per heavy atom. The topological polar surface area (TPSA) is 23.8 Å². The Hall–Kier alpha value is -0.510. The van der Waals surface area contributed by atoms with E-state index in [1.165, 1.54) is 70.6 Å². The van der Waals surface area contributed by atoms with Crippen LogP contribution in [-0.2, 0) is 0 Å². The molecule has 0 saturated heterocycles. The van der Waals surface area contributed by atoms with Crippen molar-refractivity contribution in [2.24, 2.45) is 23.7 Å². The Labute approximate surface area is 132 Å². The average Bonchev–Trinajstić information content (AvgIpc) is 2.55. The fourth-order valence-corrected chi connectivity index (χ4v) is 4.83. The smallest absolute Gasteiger partial charge is 0.0655 e. The van der Waals surface area contributed by atoms with Gasteiger partial charge in [0.15, 0.2) is 0 Å². The largest absolute Gasteiger partial charge is 0.198 e. The van der Waals surface area contributed by atoms with Crippen LogP contribution in [0.3, 0.4) is 0 Å². The van der Waals surface area contributed by atoms with Gasteiger partial charge in [0.2, 0.25) is 0 Å². The molecule has 0 aliphatic heterocycles. The van der Waals surface area contributed by atoms with Crippen molar-refractivity contribution in [1.82, 2.24) is 0 Å². The maximum Gasteiger partial charge on any atom is 0.0655 e. The fourth-order valence-electron chi connectivity index (χ4n) is 4.83. The van der Waals surface area contributed by atoms with Crippen molar-refractivity contribution in [2.45, 2.75) is 96.8 Å². The first-order valence-corrected chi connectivity index (χ1v) is 9.73. The van der Waals surface area contributed by atoms with Crippen molar-refractivity contribution in [3.63, 3.8) is 0 Å². The standard InChI is InChI=1S/C20H35N/c1-2-7-18(16-21)9-6-8-17-12-14-20(15-13-17)19-10-4-3-5-11-19/h17-20H,2-15H2,1H3. The molecule has 0 spiro atoms.